The topological polar surface area (TPSA) is 85.1 Å². The highest BCUT2D eigenvalue weighted by Gasteiger charge is 2.15. The van der Waals surface area contributed by atoms with E-state index in [1.807, 2.05) is 0 Å². The van der Waals surface area contributed by atoms with Crippen LogP contribution in [0.5, 0.6) is 0 Å². The summed E-state index contributed by atoms with van der Waals surface area (Å²) in [5, 5.41) is 12.9. The van der Waals surface area contributed by atoms with E-state index in [2.05, 4.69) is 10.3 Å². The van der Waals surface area contributed by atoms with Gasteiger partial charge >= 0.3 is 0 Å². The molecule has 0 aliphatic rings. The Kier molecular flexibility index (Phi) is 3.90. The van der Waals surface area contributed by atoms with Gasteiger partial charge in [-0.3, -0.25) is 14.9 Å². The van der Waals surface area contributed by atoms with Gasteiger partial charge in [-0.15, -0.1) is 0 Å². The van der Waals surface area contributed by atoms with E-state index in [9.17, 15) is 19.3 Å². The van der Waals surface area contributed by atoms with Crippen LogP contribution in [0.1, 0.15) is 10.4 Å². The minimum atomic E-state index is -0.647. The summed E-state index contributed by atoms with van der Waals surface area (Å²) in [4.78, 5) is 25.5. The summed E-state index contributed by atoms with van der Waals surface area (Å²) < 4.78 is 12.7. The molecular formula is C12H7ClFN3O3. The van der Waals surface area contributed by atoms with E-state index < -0.39 is 16.6 Å². The standard InChI is InChI=1S/C12H7ClFN3O3/c13-9-5-7(1-3-10(9)17(19)20)12(18)16-11-4-2-8(14)6-15-11/h1-6H,(H,15,16,18). The summed E-state index contributed by atoms with van der Waals surface area (Å²) in [6.07, 6.45) is 0.957. The van der Waals surface area contributed by atoms with Crippen LogP contribution < -0.4 is 5.32 Å². The highest BCUT2D eigenvalue weighted by molar-refractivity contribution is 6.33. The van der Waals surface area contributed by atoms with E-state index in [1.165, 1.54) is 18.2 Å². The third-order valence-corrected chi connectivity index (χ3v) is 2.68. The van der Waals surface area contributed by atoms with Crippen LogP contribution in [-0.2, 0) is 0 Å². The summed E-state index contributed by atoms with van der Waals surface area (Å²) in [7, 11) is 0. The number of carbonyl (C=O) groups is 1. The molecule has 6 nitrogen and oxygen atoms in total. The molecule has 1 amide bonds. The van der Waals surface area contributed by atoms with E-state index in [0.29, 0.717) is 0 Å². The molecule has 1 aromatic carbocycles. The van der Waals surface area contributed by atoms with Crippen molar-refractivity contribution in [3.63, 3.8) is 0 Å². The Morgan fingerprint density at radius 2 is 2.10 bits per heavy atom. The first-order valence-electron chi connectivity index (χ1n) is 5.34. The van der Waals surface area contributed by atoms with Gasteiger partial charge in [-0.1, -0.05) is 11.6 Å². The fourth-order valence-electron chi connectivity index (χ4n) is 1.43. The second-order valence-electron chi connectivity index (χ2n) is 3.74. The maximum atomic E-state index is 12.7. The second kappa shape index (κ2) is 5.62. The number of nitro benzene ring substituents is 1. The molecule has 20 heavy (non-hydrogen) atoms. The highest BCUT2D eigenvalue weighted by Crippen LogP contribution is 2.25. The number of carbonyl (C=O) groups excluding carboxylic acids is 1. The molecule has 0 unspecified atom stereocenters. The van der Waals surface area contributed by atoms with Crippen molar-refractivity contribution >= 4 is 29.0 Å². The average Bonchev–Trinajstić information content (AvgIpc) is 2.40. The lowest BCUT2D eigenvalue weighted by atomic mass is 10.2. The number of pyridine rings is 1. The number of aromatic nitrogens is 1. The van der Waals surface area contributed by atoms with Crippen molar-refractivity contribution in [1.82, 2.24) is 4.98 Å². The first kappa shape index (κ1) is 13.9. The molecule has 0 radical (unpaired) electrons. The zero-order valence-electron chi connectivity index (χ0n) is 9.84. The highest BCUT2D eigenvalue weighted by atomic mass is 35.5. The molecule has 8 heteroatoms. The van der Waals surface area contributed by atoms with Crippen molar-refractivity contribution in [3.05, 3.63) is 63.0 Å². The number of rotatable bonds is 3. The number of nitrogens with one attached hydrogen (secondary N) is 1. The van der Waals surface area contributed by atoms with Crippen molar-refractivity contribution in [2.75, 3.05) is 5.32 Å². The number of nitrogens with zero attached hydrogens (tertiary/aromatic N) is 2. The number of benzene rings is 1. The lowest BCUT2D eigenvalue weighted by Crippen LogP contribution is -2.13. The first-order chi connectivity index (χ1) is 9.47. The van der Waals surface area contributed by atoms with Gasteiger partial charge in [-0.25, -0.2) is 9.37 Å². The minimum Gasteiger partial charge on any atom is -0.307 e. The zero-order valence-corrected chi connectivity index (χ0v) is 10.6. The molecule has 0 aliphatic heterocycles. The maximum absolute atomic E-state index is 12.7. The molecule has 0 atom stereocenters. The predicted octanol–water partition coefficient (Wildman–Crippen LogP) is 3.03. The molecule has 0 bridgehead atoms. The summed E-state index contributed by atoms with van der Waals surface area (Å²) in [6, 6.07) is 6.02. The minimum absolute atomic E-state index is 0.131. The Bertz CT molecular complexity index is 676. The van der Waals surface area contributed by atoms with Gasteiger partial charge in [0.05, 0.1) is 11.1 Å². The number of hydrogen-bond donors (Lipinski definition) is 1. The SMILES string of the molecule is O=C(Nc1ccc(F)cn1)c1ccc([N+](=O)[O-])c(Cl)c1. The normalized spacial score (nSPS) is 10.1. The van der Waals surface area contributed by atoms with Gasteiger partial charge in [0.1, 0.15) is 16.7 Å². The largest absolute Gasteiger partial charge is 0.307 e. The lowest BCUT2D eigenvalue weighted by Gasteiger charge is -2.04. The molecule has 2 aromatic rings. The fourth-order valence-corrected chi connectivity index (χ4v) is 1.68. The van der Waals surface area contributed by atoms with Crippen molar-refractivity contribution in [1.29, 1.82) is 0 Å². The summed E-state index contributed by atoms with van der Waals surface area (Å²) in [5.41, 5.74) is -0.158. The molecule has 0 spiro atoms. The Balaban J connectivity index is 2.19. The van der Waals surface area contributed by atoms with E-state index >= 15 is 0 Å². The molecule has 0 fully saturated rings. The van der Waals surface area contributed by atoms with Gasteiger partial charge in [-0.05, 0) is 24.3 Å². The Labute approximate surface area is 117 Å². The van der Waals surface area contributed by atoms with Crippen LogP contribution in [0.15, 0.2) is 36.5 Å². The summed E-state index contributed by atoms with van der Waals surface area (Å²) >= 11 is 5.71. The van der Waals surface area contributed by atoms with Crippen LogP contribution >= 0.6 is 11.6 Å². The van der Waals surface area contributed by atoms with Crippen LogP contribution in [0.25, 0.3) is 0 Å². The molecule has 0 aliphatic carbocycles. The number of amides is 1. The van der Waals surface area contributed by atoms with Gasteiger partial charge in [0.2, 0.25) is 0 Å². The molecule has 1 N–H and O–H groups in total. The number of halogens is 2. The van der Waals surface area contributed by atoms with Crippen LogP contribution in [0.2, 0.25) is 5.02 Å². The van der Waals surface area contributed by atoms with Crippen LogP contribution in [0, 0.1) is 15.9 Å². The predicted molar refractivity (Wildman–Crippen MR) is 70.3 cm³/mol. The number of nitro groups is 1. The quantitative estimate of drug-likeness (QED) is 0.696. The van der Waals surface area contributed by atoms with E-state index in [0.717, 1.165) is 18.3 Å². The molecule has 0 saturated heterocycles. The lowest BCUT2D eigenvalue weighted by molar-refractivity contribution is -0.384. The van der Waals surface area contributed by atoms with Crippen LogP contribution in [0.4, 0.5) is 15.9 Å². The summed E-state index contributed by atoms with van der Waals surface area (Å²) in [5.74, 6) is -0.923. The monoisotopic (exact) mass is 295 g/mol. The van der Waals surface area contributed by atoms with Gasteiger partial charge in [0.25, 0.3) is 11.6 Å². The fraction of sp³-hybridized carbons (Fsp3) is 0. The average molecular weight is 296 g/mol. The third-order valence-electron chi connectivity index (χ3n) is 2.38. The Hall–Kier alpha value is -2.54. The van der Waals surface area contributed by atoms with Crippen molar-refractivity contribution in [2.24, 2.45) is 0 Å². The Morgan fingerprint density at radius 1 is 1.35 bits per heavy atom. The van der Waals surface area contributed by atoms with Crippen molar-refractivity contribution < 1.29 is 14.1 Å². The van der Waals surface area contributed by atoms with Crippen molar-refractivity contribution in [2.45, 2.75) is 0 Å². The molecule has 1 heterocycles. The maximum Gasteiger partial charge on any atom is 0.287 e. The van der Waals surface area contributed by atoms with Gasteiger partial charge in [0.15, 0.2) is 0 Å². The van der Waals surface area contributed by atoms with Gasteiger partial charge in [0, 0.05) is 11.6 Å². The van der Waals surface area contributed by atoms with Crippen molar-refractivity contribution in [3.8, 4) is 0 Å². The Morgan fingerprint density at radius 3 is 2.65 bits per heavy atom. The van der Waals surface area contributed by atoms with Crippen LogP contribution in [-0.4, -0.2) is 15.8 Å². The van der Waals surface area contributed by atoms with Crippen LogP contribution in [0.3, 0.4) is 0 Å². The van der Waals surface area contributed by atoms with E-state index in [4.69, 9.17) is 11.6 Å². The van der Waals surface area contributed by atoms with Gasteiger partial charge < -0.3 is 5.32 Å². The first-order valence-corrected chi connectivity index (χ1v) is 5.72. The molecule has 2 rings (SSSR count). The molecule has 102 valence electrons. The molecule has 0 saturated carbocycles. The zero-order chi connectivity index (χ0) is 14.7. The smallest absolute Gasteiger partial charge is 0.287 e. The van der Waals surface area contributed by atoms with E-state index in [-0.39, 0.29) is 22.1 Å². The van der Waals surface area contributed by atoms with E-state index in [1.54, 1.807) is 0 Å². The number of anilines is 1. The summed E-state index contributed by atoms with van der Waals surface area (Å²) in [6.45, 7) is 0. The van der Waals surface area contributed by atoms with Gasteiger partial charge in [-0.2, -0.15) is 0 Å². The number of hydrogen-bond acceptors (Lipinski definition) is 4. The third kappa shape index (κ3) is 3.07. The molecule has 1 aromatic heterocycles. The molecular weight excluding hydrogens is 289 g/mol. The second-order valence-corrected chi connectivity index (χ2v) is 4.15.